The lowest BCUT2D eigenvalue weighted by atomic mass is 10.2. The highest BCUT2D eigenvalue weighted by molar-refractivity contribution is 8.00. The van der Waals surface area contributed by atoms with Gasteiger partial charge in [0, 0.05) is 11.8 Å². The molecule has 0 bridgehead atoms. The molecule has 0 radical (unpaired) electrons. The fraction of sp³-hybridized carbons (Fsp3) is 0.0833. The van der Waals surface area contributed by atoms with Crippen molar-refractivity contribution in [1.29, 1.82) is 10.5 Å². The van der Waals surface area contributed by atoms with Crippen LogP contribution in [0.2, 0.25) is 20.1 Å². The Labute approximate surface area is 158 Å². The minimum Gasteiger partial charge on any atom is -0.388 e. The topological polar surface area (TPSA) is 86.0 Å². The minimum atomic E-state index is -4.66. The maximum atomic E-state index is 12.5. The van der Waals surface area contributed by atoms with Gasteiger partial charge in [-0.15, -0.1) is 0 Å². The zero-order chi connectivity index (χ0) is 18.7. The molecule has 1 aromatic carbocycles. The van der Waals surface area contributed by atoms with Crippen LogP contribution in [-0.4, -0.2) is 11.7 Å². The zero-order valence-corrected chi connectivity index (χ0v) is 14.9. The Morgan fingerprint density at radius 1 is 1.04 bits per heavy atom. The van der Waals surface area contributed by atoms with Crippen molar-refractivity contribution in [2.75, 3.05) is 0 Å². The second-order valence-corrected chi connectivity index (χ2v) is 6.38. The third-order valence-electron chi connectivity index (χ3n) is 2.28. The van der Waals surface area contributed by atoms with E-state index < -0.39 is 43.6 Å². The Hall–Kier alpha value is -1.29. The van der Waals surface area contributed by atoms with Crippen LogP contribution in [-0.2, 0) is 0 Å². The van der Waals surface area contributed by atoms with Crippen molar-refractivity contribution >= 4 is 64.4 Å². The molecule has 0 unspecified atom stereocenters. The van der Waals surface area contributed by atoms with E-state index in [1.807, 2.05) is 0 Å². The molecule has 0 fully saturated rings. The lowest BCUT2D eigenvalue weighted by molar-refractivity contribution is -0.0328. The van der Waals surface area contributed by atoms with Gasteiger partial charge in [0.25, 0.3) is 0 Å². The molecule has 12 heteroatoms. The highest BCUT2D eigenvalue weighted by Crippen LogP contribution is 2.49. The normalized spacial score (nSPS) is 12.7. The van der Waals surface area contributed by atoms with E-state index >= 15 is 0 Å². The number of thioether (sulfide) groups is 1. The third kappa shape index (κ3) is 4.85. The summed E-state index contributed by atoms with van der Waals surface area (Å²) in [5.74, 6) is 0. The Balaban J connectivity index is 3.50. The number of alkyl halides is 3. The van der Waals surface area contributed by atoms with Crippen LogP contribution in [0.3, 0.4) is 0 Å². The SMILES string of the molecule is N#C/C(N)=C(C#N)\N=C\c1c(Cl)c(Cl)c(SC(F)(F)F)c(Cl)c1Cl. The van der Waals surface area contributed by atoms with Gasteiger partial charge >= 0.3 is 5.51 Å². The summed E-state index contributed by atoms with van der Waals surface area (Å²) in [6.45, 7) is 0. The van der Waals surface area contributed by atoms with Crippen LogP contribution in [0.25, 0.3) is 0 Å². The summed E-state index contributed by atoms with van der Waals surface area (Å²) in [5.41, 5.74) is -0.438. The fourth-order valence-electron chi connectivity index (χ4n) is 1.29. The molecule has 0 aliphatic carbocycles. The van der Waals surface area contributed by atoms with Crippen molar-refractivity contribution < 1.29 is 13.2 Å². The van der Waals surface area contributed by atoms with E-state index in [2.05, 4.69) is 4.99 Å². The average Bonchev–Trinajstić information content (AvgIpc) is 2.51. The maximum absolute atomic E-state index is 12.5. The number of nitriles is 2. The van der Waals surface area contributed by atoms with Crippen LogP contribution < -0.4 is 5.73 Å². The van der Waals surface area contributed by atoms with Gasteiger partial charge in [0.05, 0.1) is 25.0 Å². The van der Waals surface area contributed by atoms with Crippen LogP contribution in [0.15, 0.2) is 21.3 Å². The number of rotatable bonds is 3. The molecule has 24 heavy (non-hydrogen) atoms. The van der Waals surface area contributed by atoms with E-state index in [1.54, 1.807) is 6.07 Å². The summed E-state index contributed by atoms with van der Waals surface area (Å²) < 4.78 is 37.6. The Morgan fingerprint density at radius 2 is 1.54 bits per heavy atom. The average molecular weight is 434 g/mol. The van der Waals surface area contributed by atoms with Crippen molar-refractivity contribution in [1.82, 2.24) is 0 Å². The van der Waals surface area contributed by atoms with Gasteiger partial charge in [-0.05, 0) is 11.8 Å². The molecule has 0 saturated carbocycles. The van der Waals surface area contributed by atoms with Gasteiger partial charge < -0.3 is 5.73 Å². The predicted octanol–water partition coefficient (Wildman–Crippen LogP) is 5.55. The van der Waals surface area contributed by atoms with Crippen molar-refractivity contribution in [3.63, 3.8) is 0 Å². The summed E-state index contributed by atoms with van der Waals surface area (Å²) >= 11 is 22.8. The molecule has 2 N–H and O–H groups in total. The van der Waals surface area contributed by atoms with E-state index in [4.69, 9.17) is 62.7 Å². The first-order valence-electron chi connectivity index (χ1n) is 5.49. The molecular weight excluding hydrogens is 431 g/mol. The van der Waals surface area contributed by atoms with E-state index in [0.717, 1.165) is 6.21 Å². The molecule has 4 nitrogen and oxygen atoms in total. The number of hydrogen-bond donors (Lipinski definition) is 1. The van der Waals surface area contributed by atoms with Crippen molar-refractivity contribution in [3.8, 4) is 12.1 Å². The Morgan fingerprint density at radius 3 is 1.92 bits per heavy atom. The van der Waals surface area contributed by atoms with Crippen LogP contribution in [0.4, 0.5) is 13.2 Å². The summed E-state index contributed by atoms with van der Waals surface area (Å²) in [6, 6.07) is 3.08. The smallest absolute Gasteiger partial charge is 0.388 e. The first kappa shape index (κ1) is 20.8. The summed E-state index contributed by atoms with van der Waals surface area (Å²) in [6.07, 6.45) is 0.924. The first-order valence-corrected chi connectivity index (χ1v) is 7.82. The Bertz CT molecular complexity index is 793. The number of halogens is 7. The molecule has 0 heterocycles. The molecule has 0 aliphatic rings. The molecule has 0 saturated heterocycles. The molecule has 0 spiro atoms. The van der Waals surface area contributed by atoms with Crippen molar-refractivity contribution in [2.24, 2.45) is 10.7 Å². The lowest BCUT2D eigenvalue weighted by Gasteiger charge is -2.14. The highest BCUT2D eigenvalue weighted by Gasteiger charge is 2.33. The monoisotopic (exact) mass is 432 g/mol. The molecule has 0 aromatic heterocycles. The molecule has 1 rings (SSSR count). The van der Waals surface area contributed by atoms with E-state index in [0.29, 0.717) is 0 Å². The number of hydrogen-bond acceptors (Lipinski definition) is 5. The molecule has 1 aromatic rings. The van der Waals surface area contributed by atoms with Gasteiger partial charge in [-0.1, -0.05) is 46.4 Å². The first-order chi connectivity index (χ1) is 11.0. The van der Waals surface area contributed by atoms with Gasteiger partial charge in [-0.2, -0.15) is 23.7 Å². The summed E-state index contributed by atoms with van der Waals surface area (Å²) in [5, 5.41) is 15.8. The number of allylic oxidation sites excluding steroid dienone is 2. The van der Waals surface area contributed by atoms with Gasteiger partial charge in [-0.25, -0.2) is 4.99 Å². The molecule has 126 valence electrons. The molecule has 0 atom stereocenters. The zero-order valence-electron chi connectivity index (χ0n) is 11.1. The predicted molar refractivity (Wildman–Crippen MR) is 88.4 cm³/mol. The second-order valence-electron chi connectivity index (χ2n) is 3.79. The summed E-state index contributed by atoms with van der Waals surface area (Å²) in [7, 11) is 0. The van der Waals surface area contributed by atoms with Crippen molar-refractivity contribution in [2.45, 2.75) is 10.4 Å². The van der Waals surface area contributed by atoms with E-state index in [-0.39, 0.29) is 15.6 Å². The van der Waals surface area contributed by atoms with Gasteiger partial charge in [0.2, 0.25) is 0 Å². The molecule has 0 amide bonds. The number of benzene rings is 1. The second kappa shape index (κ2) is 8.19. The highest BCUT2D eigenvalue weighted by atomic mass is 35.5. The summed E-state index contributed by atoms with van der Waals surface area (Å²) in [4.78, 5) is 3.06. The number of nitrogens with zero attached hydrogens (tertiary/aromatic N) is 3. The molecule has 0 aliphatic heterocycles. The van der Waals surface area contributed by atoms with E-state index in [9.17, 15) is 13.2 Å². The number of aliphatic imine (C=N–C) groups is 1. The minimum absolute atomic E-state index is 0.127. The van der Waals surface area contributed by atoms with Gasteiger partial charge in [-0.3, -0.25) is 0 Å². The van der Waals surface area contributed by atoms with Crippen LogP contribution in [0, 0.1) is 22.7 Å². The van der Waals surface area contributed by atoms with Crippen LogP contribution in [0.1, 0.15) is 5.56 Å². The quantitative estimate of drug-likeness (QED) is 0.293. The largest absolute Gasteiger partial charge is 0.446 e. The maximum Gasteiger partial charge on any atom is 0.446 e. The molecular formula is C12H3Cl4F3N4S. The van der Waals surface area contributed by atoms with Crippen LogP contribution >= 0.6 is 58.2 Å². The van der Waals surface area contributed by atoms with Crippen molar-refractivity contribution in [3.05, 3.63) is 37.0 Å². The third-order valence-corrected chi connectivity index (χ3v) is 5.08. The van der Waals surface area contributed by atoms with Gasteiger partial charge in [0.1, 0.15) is 17.8 Å². The van der Waals surface area contributed by atoms with Gasteiger partial charge in [0.15, 0.2) is 5.70 Å². The number of nitrogens with two attached hydrogens (primary N) is 1. The van der Waals surface area contributed by atoms with Crippen LogP contribution in [0.5, 0.6) is 0 Å². The standard InChI is InChI=1S/C12H3Cl4F3N4S/c13-7-4(3-23-6(2-21)5(22)1-20)8(14)10(16)11(9(7)15)24-12(17,18)19/h3H,22H2/b6-5+,23-3+. The lowest BCUT2D eigenvalue weighted by Crippen LogP contribution is -2.02. The Kier molecular flexibility index (Phi) is 7.09. The van der Waals surface area contributed by atoms with E-state index in [1.165, 1.54) is 6.07 Å². The fourth-order valence-corrected chi connectivity index (χ4v) is 3.21.